The quantitative estimate of drug-likeness (QED) is 0.527. The maximum Gasteiger partial charge on any atom is 0.269 e. The monoisotopic (exact) mass is 345 g/mol. The number of non-ortho nitro benzene ring substituents is 1. The Morgan fingerprint density at radius 1 is 1.00 bits per heavy atom. The molecule has 2 aromatic carbocycles. The van der Waals surface area contributed by atoms with Crippen molar-refractivity contribution in [1.29, 1.82) is 0 Å². The van der Waals surface area contributed by atoms with Crippen molar-refractivity contribution in [3.05, 3.63) is 74.3 Å². The molecule has 0 aliphatic carbocycles. The lowest BCUT2D eigenvalue weighted by Crippen LogP contribution is -2.11. The van der Waals surface area contributed by atoms with Gasteiger partial charge in [-0.3, -0.25) is 10.1 Å². The highest BCUT2D eigenvalue weighted by atomic mass is 32.2. The third-order valence-electron chi connectivity index (χ3n) is 4.42. The van der Waals surface area contributed by atoms with Crippen LogP contribution in [0.1, 0.15) is 34.7 Å². The Balaban J connectivity index is 1.88. The summed E-state index contributed by atoms with van der Waals surface area (Å²) in [6, 6.07) is 11.6. The minimum atomic E-state index is -0.346. The first kappa shape index (κ1) is 16.4. The van der Waals surface area contributed by atoms with Gasteiger partial charge in [0.1, 0.15) is 0 Å². The smallest absolute Gasteiger partial charge is 0.258 e. The van der Waals surface area contributed by atoms with Gasteiger partial charge < -0.3 is 0 Å². The Bertz CT molecular complexity index is 723. The lowest BCUT2D eigenvalue weighted by atomic mass is 10.0. The second-order valence-corrected chi connectivity index (χ2v) is 9.08. The molecule has 1 aliphatic heterocycles. The van der Waals surface area contributed by atoms with Gasteiger partial charge in [0, 0.05) is 23.6 Å². The number of hydrogen-bond acceptors (Lipinski definition) is 4. The van der Waals surface area contributed by atoms with Crippen LogP contribution >= 0.6 is 23.5 Å². The van der Waals surface area contributed by atoms with Crippen molar-refractivity contribution in [2.45, 2.75) is 36.4 Å². The minimum Gasteiger partial charge on any atom is -0.258 e. The molecule has 0 saturated carbocycles. The van der Waals surface area contributed by atoms with Crippen molar-refractivity contribution in [2.24, 2.45) is 0 Å². The van der Waals surface area contributed by atoms with E-state index in [0.717, 1.165) is 17.1 Å². The summed E-state index contributed by atoms with van der Waals surface area (Å²) in [4.78, 5) is 10.5. The molecule has 0 atom stereocenters. The molecule has 120 valence electrons. The second kappa shape index (κ2) is 6.21. The normalized spacial score (nSPS) is 16.5. The van der Waals surface area contributed by atoms with Crippen molar-refractivity contribution in [3.63, 3.8) is 0 Å². The molecule has 0 radical (unpaired) electrons. The van der Waals surface area contributed by atoms with Crippen LogP contribution in [0.5, 0.6) is 0 Å². The van der Waals surface area contributed by atoms with Gasteiger partial charge in [-0.2, -0.15) is 0 Å². The van der Waals surface area contributed by atoms with Gasteiger partial charge in [-0.15, -0.1) is 23.5 Å². The first-order valence-electron chi connectivity index (χ1n) is 7.51. The van der Waals surface area contributed by atoms with Gasteiger partial charge in [-0.1, -0.05) is 12.1 Å². The topological polar surface area (TPSA) is 43.1 Å². The number of nitrogens with zero attached hydrogens (tertiary/aromatic N) is 1. The first-order chi connectivity index (χ1) is 10.9. The summed E-state index contributed by atoms with van der Waals surface area (Å²) < 4.78 is -0.0873. The van der Waals surface area contributed by atoms with Crippen LogP contribution in [0.25, 0.3) is 0 Å². The summed E-state index contributed by atoms with van der Waals surface area (Å²) >= 11 is 3.81. The van der Waals surface area contributed by atoms with Crippen LogP contribution in [-0.2, 0) is 15.6 Å². The Labute approximate surface area is 145 Å². The number of thioether (sulfide) groups is 2. The zero-order valence-electron chi connectivity index (χ0n) is 13.5. The van der Waals surface area contributed by atoms with Gasteiger partial charge in [0.2, 0.25) is 0 Å². The Kier molecular flexibility index (Phi) is 4.43. The van der Waals surface area contributed by atoms with Crippen LogP contribution in [0.2, 0.25) is 0 Å². The molecule has 0 unspecified atom stereocenters. The minimum absolute atomic E-state index is 0.0873. The maximum absolute atomic E-state index is 10.8. The Morgan fingerprint density at radius 2 is 1.48 bits per heavy atom. The predicted molar refractivity (Wildman–Crippen MR) is 99.0 cm³/mol. The number of hydrogen-bond donors (Lipinski definition) is 0. The first-order valence-corrected chi connectivity index (χ1v) is 9.48. The van der Waals surface area contributed by atoms with Crippen LogP contribution in [0, 0.1) is 24.0 Å². The molecule has 0 fully saturated rings. The van der Waals surface area contributed by atoms with E-state index in [0.29, 0.717) is 0 Å². The lowest BCUT2D eigenvalue weighted by Gasteiger charge is -2.27. The van der Waals surface area contributed by atoms with Crippen LogP contribution in [-0.4, -0.2) is 4.92 Å². The van der Waals surface area contributed by atoms with E-state index >= 15 is 0 Å². The molecule has 3 nitrogen and oxygen atoms in total. The molecular formula is C18H19NO2S2. The molecule has 1 heterocycles. The molecule has 0 amide bonds. The predicted octanol–water partition coefficient (Wildman–Crippen LogP) is 5.56. The number of nitro benzene ring substituents is 1. The molecule has 2 aromatic rings. The molecule has 3 rings (SSSR count). The van der Waals surface area contributed by atoms with E-state index in [2.05, 4.69) is 32.9 Å². The van der Waals surface area contributed by atoms with Crippen LogP contribution in [0.15, 0.2) is 36.4 Å². The van der Waals surface area contributed by atoms with E-state index in [4.69, 9.17) is 0 Å². The van der Waals surface area contributed by atoms with Gasteiger partial charge in [-0.05, 0) is 60.7 Å². The van der Waals surface area contributed by atoms with Crippen molar-refractivity contribution < 1.29 is 4.92 Å². The zero-order valence-corrected chi connectivity index (χ0v) is 15.1. The summed E-state index contributed by atoms with van der Waals surface area (Å²) in [6.45, 7) is 6.54. The molecule has 0 bridgehead atoms. The summed E-state index contributed by atoms with van der Waals surface area (Å²) in [6.07, 6.45) is 0. The van der Waals surface area contributed by atoms with Crippen molar-refractivity contribution in [3.8, 4) is 0 Å². The molecule has 1 aliphatic rings. The second-order valence-electron chi connectivity index (χ2n) is 6.03. The molecule has 5 heteroatoms. The average molecular weight is 345 g/mol. The lowest BCUT2D eigenvalue weighted by molar-refractivity contribution is -0.384. The van der Waals surface area contributed by atoms with Gasteiger partial charge in [0.15, 0.2) is 0 Å². The molecule has 0 spiro atoms. The third-order valence-corrected chi connectivity index (χ3v) is 7.62. The van der Waals surface area contributed by atoms with Crippen molar-refractivity contribution in [2.75, 3.05) is 0 Å². The largest absolute Gasteiger partial charge is 0.269 e. The Hall–Kier alpha value is -1.46. The fourth-order valence-corrected chi connectivity index (χ4v) is 5.42. The van der Waals surface area contributed by atoms with E-state index in [1.165, 1.54) is 22.3 Å². The Morgan fingerprint density at radius 3 is 1.91 bits per heavy atom. The van der Waals surface area contributed by atoms with Crippen molar-refractivity contribution >= 4 is 29.2 Å². The highest BCUT2D eigenvalue weighted by Crippen LogP contribution is 2.51. The number of rotatable bonds is 2. The fraction of sp³-hybridized carbons (Fsp3) is 0.333. The highest BCUT2D eigenvalue weighted by Gasteiger charge is 2.31. The molecule has 0 N–H and O–H groups in total. The summed E-state index contributed by atoms with van der Waals surface area (Å²) in [5.41, 5.74) is 6.80. The molecular weight excluding hydrogens is 326 g/mol. The number of fused-ring (bicyclic) bond motifs is 1. The van der Waals surface area contributed by atoms with E-state index in [1.54, 1.807) is 12.1 Å². The maximum atomic E-state index is 10.8. The van der Waals surface area contributed by atoms with E-state index in [1.807, 2.05) is 35.7 Å². The van der Waals surface area contributed by atoms with Crippen molar-refractivity contribution in [1.82, 2.24) is 0 Å². The highest BCUT2D eigenvalue weighted by molar-refractivity contribution is 8.16. The third kappa shape index (κ3) is 3.26. The molecule has 23 heavy (non-hydrogen) atoms. The number of nitro groups is 1. The van der Waals surface area contributed by atoms with Crippen LogP contribution in [0.3, 0.4) is 0 Å². The van der Waals surface area contributed by atoms with Gasteiger partial charge in [-0.25, -0.2) is 0 Å². The average Bonchev–Trinajstić information content (AvgIpc) is 2.69. The fourth-order valence-electron chi connectivity index (χ4n) is 2.73. The zero-order chi connectivity index (χ0) is 16.6. The van der Waals surface area contributed by atoms with Gasteiger partial charge >= 0.3 is 0 Å². The van der Waals surface area contributed by atoms with E-state index in [-0.39, 0.29) is 14.7 Å². The van der Waals surface area contributed by atoms with E-state index < -0.39 is 0 Å². The number of aryl methyl sites for hydroxylation is 2. The molecule has 0 saturated heterocycles. The van der Waals surface area contributed by atoms with Crippen LogP contribution < -0.4 is 0 Å². The van der Waals surface area contributed by atoms with Gasteiger partial charge in [0.25, 0.3) is 5.69 Å². The van der Waals surface area contributed by atoms with Crippen LogP contribution in [0.4, 0.5) is 5.69 Å². The van der Waals surface area contributed by atoms with E-state index in [9.17, 15) is 10.1 Å². The molecule has 0 aromatic heterocycles. The summed E-state index contributed by atoms with van der Waals surface area (Å²) in [5.74, 6) is 1.94. The summed E-state index contributed by atoms with van der Waals surface area (Å²) in [7, 11) is 0. The SMILES string of the molecule is Cc1cc2c(cc1C)CSC(C)(c1ccc([N+](=O)[O-])cc1)SC2. The summed E-state index contributed by atoms with van der Waals surface area (Å²) in [5, 5.41) is 10.8. The van der Waals surface area contributed by atoms with Gasteiger partial charge in [0.05, 0.1) is 9.00 Å². The standard InChI is InChI=1S/C18H19NO2S2/c1-12-8-14-10-22-18(3,23-11-15(14)9-13(12)2)16-4-6-17(7-5-16)19(20)21/h4-9H,10-11H2,1-3H3. The number of benzene rings is 2.